The zero-order chi connectivity index (χ0) is 22.6. The van der Waals surface area contributed by atoms with E-state index in [1.807, 2.05) is 0 Å². The van der Waals surface area contributed by atoms with Gasteiger partial charge in [0.25, 0.3) is 0 Å². The lowest BCUT2D eigenvalue weighted by molar-refractivity contribution is -0.689. The number of fused-ring (bicyclic) bond motifs is 8. The highest BCUT2D eigenvalue weighted by atomic mass is 79.9. The fourth-order valence-electron chi connectivity index (χ4n) is 5.57. The molecule has 0 fully saturated rings. The zero-order valence-electron chi connectivity index (χ0n) is 18.8. The molecule has 164 valence electrons. The van der Waals surface area contributed by atoms with Gasteiger partial charge in [-0.25, -0.2) is 0 Å². The van der Waals surface area contributed by atoms with Crippen LogP contribution in [-0.2, 0) is 25.9 Å². The third-order valence-electron chi connectivity index (χ3n) is 7.27. The molecule has 34 heavy (non-hydrogen) atoms. The number of aromatic amines is 1. The van der Waals surface area contributed by atoms with E-state index >= 15 is 0 Å². The number of benzene rings is 2. The van der Waals surface area contributed by atoms with Gasteiger partial charge in [0.05, 0.1) is 11.1 Å². The topological polar surface area (TPSA) is 23.5 Å². The van der Waals surface area contributed by atoms with E-state index in [-0.39, 0.29) is 0 Å². The minimum Gasteiger partial charge on any atom is -0.361 e. The van der Waals surface area contributed by atoms with Crippen molar-refractivity contribution in [2.45, 2.75) is 25.9 Å². The lowest BCUT2D eigenvalue weighted by atomic mass is 9.85. The van der Waals surface area contributed by atoms with Crippen molar-refractivity contribution in [2.24, 2.45) is 0 Å². The molecule has 3 nitrogen and oxygen atoms in total. The molecule has 0 atom stereocenters. The summed E-state index contributed by atoms with van der Waals surface area (Å²) in [6.45, 7) is 2.07. The third-order valence-corrected chi connectivity index (χ3v) is 7.76. The van der Waals surface area contributed by atoms with Crippen LogP contribution in [0.3, 0.4) is 0 Å². The summed E-state index contributed by atoms with van der Waals surface area (Å²) in [6.07, 6.45) is 13.2. The number of aryl methyl sites for hydroxylation is 4. The first kappa shape index (κ1) is 19.9. The van der Waals surface area contributed by atoms with E-state index in [9.17, 15) is 0 Å². The smallest absolute Gasteiger partial charge is 0.214 e. The number of nitrogens with zero attached hydrogens (tertiary/aromatic N) is 2. The first-order chi connectivity index (χ1) is 16.7. The van der Waals surface area contributed by atoms with Gasteiger partial charge in [-0.05, 0) is 46.5 Å². The molecule has 0 saturated heterocycles. The maximum atomic E-state index is 3.60. The van der Waals surface area contributed by atoms with E-state index in [1.165, 1.54) is 50.2 Å². The van der Waals surface area contributed by atoms with Crippen molar-refractivity contribution in [3.63, 3.8) is 0 Å². The van der Waals surface area contributed by atoms with Crippen LogP contribution >= 0.6 is 15.9 Å². The van der Waals surface area contributed by atoms with Crippen molar-refractivity contribution in [1.29, 1.82) is 0 Å². The van der Waals surface area contributed by atoms with Gasteiger partial charge in [0.15, 0.2) is 25.5 Å². The average molecular weight is 506 g/mol. The van der Waals surface area contributed by atoms with Crippen LogP contribution in [0.5, 0.6) is 0 Å². The summed E-state index contributed by atoms with van der Waals surface area (Å²) >= 11 is 3.60. The molecular weight excluding hydrogens is 482 g/mol. The van der Waals surface area contributed by atoms with E-state index < -0.39 is 0 Å². The number of hydrogen-bond donors (Lipinski definition) is 1. The molecule has 0 amide bonds. The normalized spacial score (nSPS) is 14.0. The molecular formula is C30H24BrN3+2. The summed E-state index contributed by atoms with van der Waals surface area (Å²) in [5.74, 6) is 0. The molecule has 0 bridgehead atoms. The lowest BCUT2D eigenvalue weighted by Crippen LogP contribution is -2.43. The Morgan fingerprint density at radius 1 is 0.765 bits per heavy atom. The van der Waals surface area contributed by atoms with Crippen molar-refractivity contribution in [2.75, 3.05) is 0 Å². The Bertz CT molecular complexity index is 1630. The fourth-order valence-corrected chi connectivity index (χ4v) is 5.93. The first-order valence-corrected chi connectivity index (χ1v) is 12.7. The third kappa shape index (κ3) is 3.17. The number of pyridine rings is 2. The Morgan fingerprint density at radius 3 is 2.41 bits per heavy atom. The number of hydrogen-bond acceptors (Lipinski definition) is 0. The zero-order valence-corrected chi connectivity index (χ0v) is 20.3. The van der Waals surface area contributed by atoms with E-state index in [4.69, 9.17) is 0 Å². The summed E-state index contributed by atoms with van der Waals surface area (Å²) in [4.78, 5) is 3.38. The van der Waals surface area contributed by atoms with Crippen molar-refractivity contribution in [1.82, 2.24) is 4.98 Å². The van der Waals surface area contributed by atoms with Gasteiger partial charge in [-0.15, -0.1) is 0 Å². The van der Waals surface area contributed by atoms with Gasteiger partial charge in [0.1, 0.15) is 0 Å². The predicted octanol–water partition coefficient (Wildman–Crippen LogP) is 6.12. The maximum Gasteiger partial charge on any atom is 0.214 e. The highest BCUT2D eigenvalue weighted by molar-refractivity contribution is 9.10. The highest BCUT2D eigenvalue weighted by Crippen LogP contribution is 2.39. The van der Waals surface area contributed by atoms with E-state index in [2.05, 4.69) is 121 Å². The van der Waals surface area contributed by atoms with Gasteiger partial charge in [0, 0.05) is 58.7 Å². The second kappa shape index (κ2) is 7.78. The van der Waals surface area contributed by atoms with Gasteiger partial charge in [-0.1, -0.05) is 40.2 Å². The second-order valence-electron chi connectivity index (χ2n) is 9.22. The standard InChI is InChI=1S/C30H23BrN3/c31-24-8-9-26-25(18-24)23(19-32-26)5-4-20-10-14-34-16-12-22-7-6-21-11-15-33-13-2-1-3-27(33)29(21)30(22)28(34)17-20/h1-10,13-14,17-19H,11-12,15-16H2/q+1/p+1. The summed E-state index contributed by atoms with van der Waals surface area (Å²) in [6, 6.07) is 22.2. The van der Waals surface area contributed by atoms with Gasteiger partial charge in [0.2, 0.25) is 11.4 Å². The van der Waals surface area contributed by atoms with E-state index in [1.54, 1.807) is 0 Å². The molecule has 2 aliphatic heterocycles. The highest BCUT2D eigenvalue weighted by Gasteiger charge is 2.33. The largest absolute Gasteiger partial charge is 0.361 e. The number of aromatic nitrogens is 3. The van der Waals surface area contributed by atoms with Gasteiger partial charge < -0.3 is 4.98 Å². The van der Waals surface area contributed by atoms with E-state index in [0.29, 0.717) is 0 Å². The SMILES string of the molecule is Brc1ccc2[nH]cc(/C=C/c3cc[n+]4c(c3)-c3c(ccc5c3-c3cccc[n+]3CC5)CC4)c2c1. The fraction of sp³-hybridized carbons (Fsp3) is 0.133. The molecule has 4 heteroatoms. The quantitative estimate of drug-likeness (QED) is 0.279. The number of halogens is 1. The Balaban J connectivity index is 1.36. The summed E-state index contributed by atoms with van der Waals surface area (Å²) in [5.41, 5.74) is 12.0. The molecule has 2 aliphatic rings. The van der Waals surface area contributed by atoms with Gasteiger partial charge in [-0.3, -0.25) is 0 Å². The van der Waals surface area contributed by atoms with Gasteiger partial charge >= 0.3 is 0 Å². The van der Waals surface area contributed by atoms with Crippen molar-refractivity contribution < 1.29 is 9.13 Å². The van der Waals surface area contributed by atoms with Crippen LogP contribution in [-0.4, -0.2) is 4.98 Å². The van der Waals surface area contributed by atoms with Crippen LogP contribution in [0.2, 0.25) is 0 Å². The van der Waals surface area contributed by atoms with Crippen LogP contribution < -0.4 is 9.13 Å². The molecule has 7 rings (SSSR count). The summed E-state index contributed by atoms with van der Waals surface area (Å²) in [5, 5.41) is 1.23. The number of H-pyrrole nitrogens is 1. The number of rotatable bonds is 2. The van der Waals surface area contributed by atoms with Crippen molar-refractivity contribution in [3.05, 3.63) is 106 Å². The van der Waals surface area contributed by atoms with Gasteiger partial charge in [-0.2, -0.15) is 9.13 Å². The minimum atomic E-state index is 1.02. The van der Waals surface area contributed by atoms with Crippen LogP contribution in [0.4, 0.5) is 0 Å². The van der Waals surface area contributed by atoms with Crippen LogP contribution in [0.1, 0.15) is 22.3 Å². The van der Waals surface area contributed by atoms with Crippen molar-refractivity contribution >= 4 is 39.0 Å². The second-order valence-corrected chi connectivity index (χ2v) is 10.1. The molecule has 5 aromatic rings. The number of nitrogens with one attached hydrogen (secondary N) is 1. The van der Waals surface area contributed by atoms with Crippen LogP contribution in [0, 0.1) is 0 Å². The average Bonchev–Trinajstić information content (AvgIpc) is 3.28. The monoisotopic (exact) mass is 505 g/mol. The summed E-state index contributed by atoms with van der Waals surface area (Å²) in [7, 11) is 0. The minimum absolute atomic E-state index is 1.02. The molecule has 0 aliphatic carbocycles. The Kier molecular flexibility index (Phi) is 4.56. The first-order valence-electron chi connectivity index (χ1n) is 11.9. The predicted molar refractivity (Wildman–Crippen MR) is 140 cm³/mol. The Hall–Kier alpha value is -3.50. The molecule has 2 aromatic carbocycles. The molecule has 3 aromatic heterocycles. The molecule has 5 heterocycles. The van der Waals surface area contributed by atoms with E-state index in [0.717, 1.165) is 35.9 Å². The van der Waals surface area contributed by atoms with Crippen LogP contribution in [0.25, 0.3) is 45.6 Å². The Labute approximate surface area is 207 Å². The molecule has 0 spiro atoms. The molecule has 0 saturated carbocycles. The molecule has 0 radical (unpaired) electrons. The molecule has 0 unspecified atom stereocenters. The Morgan fingerprint density at radius 2 is 1.56 bits per heavy atom. The molecule has 1 N–H and O–H groups in total. The van der Waals surface area contributed by atoms with Crippen molar-refractivity contribution in [3.8, 4) is 22.5 Å². The summed E-state index contributed by atoms with van der Waals surface area (Å²) < 4.78 is 5.92. The lowest BCUT2D eigenvalue weighted by Gasteiger charge is -2.22. The van der Waals surface area contributed by atoms with Crippen LogP contribution in [0.15, 0.2) is 83.7 Å². The maximum absolute atomic E-state index is 3.60.